The van der Waals surface area contributed by atoms with Crippen LogP contribution in [0.3, 0.4) is 0 Å². The maximum Gasteiger partial charge on any atom is 0.258 e. The number of carbonyl (C=O) groups is 1. The van der Waals surface area contributed by atoms with E-state index in [2.05, 4.69) is 27.5 Å². The number of hydrogen-bond acceptors (Lipinski definition) is 5. The SMILES string of the molecule is CCc1ccccc1Nc1ncc(C(=O)Nc2cc(Cl)ccc2OC)cn1. The van der Waals surface area contributed by atoms with Gasteiger partial charge < -0.3 is 15.4 Å². The molecule has 0 bridgehead atoms. The van der Waals surface area contributed by atoms with Gasteiger partial charge in [0.2, 0.25) is 5.95 Å². The number of methoxy groups -OCH3 is 1. The van der Waals surface area contributed by atoms with Crippen molar-refractivity contribution in [2.75, 3.05) is 17.7 Å². The summed E-state index contributed by atoms with van der Waals surface area (Å²) in [5.74, 6) is 0.590. The molecule has 0 fully saturated rings. The fourth-order valence-electron chi connectivity index (χ4n) is 2.55. The number of halogens is 1. The normalized spacial score (nSPS) is 10.3. The molecule has 27 heavy (non-hydrogen) atoms. The number of anilines is 3. The van der Waals surface area contributed by atoms with Gasteiger partial charge in [0, 0.05) is 23.1 Å². The zero-order valence-corrected chi connectivity index (χ0v) is 15.7. The first kappa shape index (κ1) is 18.7. The molecule has 3 rings (SSSR count). The Labute approximate surface area is 162 Å². The second-order valence-electron chi connectivity index (χ2n) is 5.73. The highest BCUT2D eigenvalue weighted by Crippen LogP contribution is 2.28. The second-order valence-corrected chi connectivity index (χ2v) is 6.17. The highest BCUT2D eigenvalue weighted by atomic mass is 35.5. The average Bonchev–Trinajstić information content (AvgIpc) is 2.69. The van der Waals surface area contributed by atoms with Crippen LogP contribution < -0.4 is 15.4 Å². The van der Waals surface area contributed by atoms with Gasteiger partial charge in [0.25, 0.3) is 5.91 Å². The lowest BCUT2D eigenvalue weighted by Gasteiger charge is -2.11. The summed E-state index contributed by atoms with van der Waals surface area (Å²) < 4.78 is 5.23. The van der Waals surface area contributed by atoms with Crippen molar-refractivity contribution in [3.05, 3.63) is 71.0 Å². The first-order chi connectivity index (χ1) is 13.1. The van der Waals surface area contributed by atoms with Crippen LogP contribution >= 0.6 is 11.6 Å². The summed E-state index contributed by atoms with van der Waals surface area (Å²) >= 11 is 5.99. The summed E-state index contributed by atoms with van der Waals surface area (Å²) in [5.41, 5.74) is 2.91. The lowest BCUT2D eigenvalue weighted by atomic mass is 10.1. The highest BCUT2D eigenvalue weighted by Gasteiger charge is 2.12. The predicted molar refractivity (Wildman–Crippen MR) is 107 cm³/mol. The van der Waals surface area contributed by atoms with Crippen molar-refractivity contribution in [1.29, 1.82) is 0 Å². The molecule has 3 aromatic rings. The van der Waals surface area contributed by atoms with Crippen molar-refractivity contribution in [3.63, 3.8) is 0 Å². The van der Waals surface area contributed by atoms with E-state index < -0.39 is 0 Å². The van der Waals surface area contributed by atoms with Gasteiger partial charge in [0.15, 0.2) is 0 Å². The number of aryl methyl sites for hydroxylation is 1. The molecule has 7 heteroatoms. The molecule has 0 saturated carbocycles. The van der Waals surface area contributed by atoms with Crippen molar-refractivity contribution in [2.45, 2.75) is 13.3 Å². The standard InChI is InChI=1S/C20H19ClN4O2/c1-3-13-6-4-5-7-16(13)25-20-22-11-14(12-23-20)19(26)24-17-10-15(21)8-9-18(17)27-2/h4-12H,3H2,1-2H3,(H,24,26)(H,22,23,25). The minimum absolute atomic E-state index is 0.325. The molecule has 0 spiro atoms. The molecular formula is C20H19ClN4O2. The first-order valence-electron chi connectivity index (χ1n) is 8.42. The van der Waals surface area contributed by atoms with Crippen molar-refractivity contribution in [3.8, 4) is 5.75 Å². The van der Waals surface area contributed by atoms with E-state index in [9.17, 15) is 4.79 Å². The Balaban J connectivity index is 1.73. The van der Waals surface area contributed by atoms with Crippen LogP contribution in [0.2, 0.25) is 5.02 Å². The number of nitrogens with zero attached hydrogens (tertiary/aromatic N) is 2. The number of para-hydroxylation sites is 1. The summed E-state index contributed by atoms with van der Waals surface area (Å²) in [6, 6.07) is 12.9. The summed E-state index contributed by atoms with van der Waals surface area (Å²) in [5, 5.41) is 6.43. The van der Waals surface area contributed by atoms with Crippen LogP contribution in [0.25, 0.3) is 0 Å². The number of hydrogen-bond donors (Lipinski definition) is 2. The molecule has 0 unspecified atom stereocenters. The smallest absolute Gasteiger partial charge is 0.258 e. The van der Waals surface area contributed by atoms with Crippen LogP contribution in [-0.4, -0.2) is 23.0 Å². The van der Waals surface area contributed by atoms with E-state index in [1.54, 1.807) is 18.2 Å². The molecule has 1 heterocycles. The summed E-state index contributed by atoms with van der Waals surface area (Å²) in [6.07, 6.45) is 3.83. The van der Waals surface area contributed by atoms with E-state index in [0.717, 1.165) is 17.7 Å². The Morgan fingerprint density at radius 3 is 2.56 bits per heavy atom. The fraction of sp³-hybridized carbons (Fsp3) is 0.150. The van der Waals surface area contributed by atoms with Crippen LogP contribution in [0.4, 0.5) is 17.3 Å². The van der Waals surface area contributed by atoms with E-state index in [1.807, 2.05) is 24.3 Å². The van der Waals surface area contributed by atoms with E-state index in [-0.39, 0.29) is 5.91 Å². The van der Waals surface area contributed by atoms with E-state index in [1.165, 1.54) is 19.5 Å². The van der Waals surface area contributed by atoms with Crippen molar-refractivity contribution in [2.24, 2.45) is 0 Å². The summed E-state index contributed by atoms with van der Waals surface area (Å²) in [6.45, 7) is 2.08. The topological polar surface area (TPSA) is 76.1 Å². The van der Waals surface area contributed by atoms with E-state index in [0.29, 0.717) is 28.0 Å². The monoisotopic (exact) mass is 382 g/mol. The quantitative estimate of drug-likeness (QED) is 0.646. The number of nitrogens with one attached hydrogen (secondary N) is 2. The van der Waals surface area contributed by atoms with Crippen LogP contribution in [0.1, 0.15) is 22.8 Å². The third kappa shape index (κ3) is 4.54. The Morgan fingerprint density at radius 2 is 1.85 bits per heavy atom. The molecular weight excluding hydrogens is 364 g/mol. The number of ether oxygens (including phenoxy) is 1. The number of benzene rings is 2. The molecule has 0 aliphatic carbocycles. The zero-order valence-electron chi connectivity index (χ0n) is 15.0. The molecule has 0 aliphatic rings. The average molecular weight is 383 g/mol. The second kappa shape index (κ2) is 8.51. The van der Waals surface area contributed by atoms with Gasteiger partial charge in [-0.15, -0.1) is 0 Å². The summed E-state index contributed by atoms with van der Waals surface area (Å²) in [4.78, 5) is 20.9. The predicted octanol–water partition coefficient (Wildman–Crippen LogP) is 4.70. The number of rotatable bonds is 6. The van der Waals surface area contributed by atoms with Crippen LogP contribution in [0.5, 0.6) is 5.75 Å². The number of amides is 1. The summed E-state index contributed by atoms with van der Waals surface area (Å²) in [7, 11) is 1.52. The molecule has 0 radical (unpaired) electrons. The lowest BCUT2D eigenvalue weighted by Crippen LogP contribution is -2.14. The van der Waals surface area contributed by atoms with Crippen molar-refractivity contribution < 1.29 is 9.53 Å². The maximum atomic E-state index is 12.5. The van der Waals surface area contributed by atoms with Gasteiger partial charge in [-0.3, -0.25) is 4.79 Å². The Hall–Kier alpha value is -3.12. The van der Waals surface area contributed by atoms with Gasteiger partial charge in [-0.25, -0.2) is 9.97 Å². The molecule has 1 aromatic heterocycles. The van der Waals surface area contributed by atoms with Crippen molar-refractivity contribution >= 4 is 34.8 Å². The van der Waals surface area contributed by atoms with E-state index >= 15 is 0 Å². The van der Waals surface area contributed by atoms with Crippen LogP contribution in [0, 0.1) is 0 Å². The molecule has 1 amide bonds. The first-order valence-corrected chi connectivity index (χ1v) is 8.80. The molecule has 0 saturated heterocycles. The Kier molecular flexibility index (Phi) is 5.88. The van der Waals surface area contributed by atoms with E-state index in [4.69, 9.17) is 16.3 Å². The highest BCUT2D eigenvalue weighted by molar-refractivity contribution is 6.31. The van der Waals surface area contributed by atoms with Crippen molar-refractivity contribution in [1.82, 2.24) is 9.97 Å². The Morgan fingerprint density at radius 1 is 1.11 bits per heavy atom. The number of aromatic nitrogens is 2. The fourth-order valence-corrected chi connectivity index (χ4v) is 2.73. The van der Waals surface area contributed by atoms with Gasteiger partial charge in [-0.05, 0) is 36.2 Å². The molecule has 0 aliphatic heterocycles. The lowest BCUT2D eigenvalue weighted by molar-refractivity contribution is 0.102. The van der Waals surface area contributed by atoms with Gasteiger partial charge in [-0.1, -0.05) is 36.7 Å². The molecule has 2 N–H and O–H groups in total. The zero-order chi connectivity index (χ0) is 19.2. The van der Waals surface area contributed by atoms with Gasteiger partial charge >= 0.3 is 0 Å². The van der Waals surface area contributed by atoms with Gasteiger partial charge in [0.1, 0.15) is 5.75 Å². The minimum atomic E-state index is -0.351. The van der Waals surface area contributed by atoms with Gasteiger partial charge in [0.05, 0.1) is 18.4 Å². The van der Waals surface area contributed by atoms with Crippen LogP contribution in [-0.2, 0) is 6.42 Å². The minimum Gasteiger partial charge on any atom is -0.495 e. The van der Waals surface area contributed by atoms with Crippen LogP contribution in [0.15, 0.2) is 54.9 Å². The molecule has 138 valence electrons. The molecule has 2 aromatic carbocycles. The van der Waals surface area contributed by atoms with Gasteiger partial charge in [-0.2, -0.15) is 0 Å². The Bertz CT molecular complexity index is 945. The molecule has 6 nitrogen and oxygen atoms in total. The maximum absolute atomic E-state index is 12.5. The largest absolute Gasteiger partial charge is 0.495 e. The third-order valence-electron chi connectivity index (χ3n) is 3.97. The third-order valence-corrected chi connectivity index (χ3v) is 4.20. The molecule has 0 atom stereocenters. The number of carbonyl (C=O) groups excluding carboxylic acids is 1.